The van der Waals surface area contributed by atoms with Crippen molar-refractivity contribution in [3.63, 3.8) is 0 Å². The van der Waals surface area contributed by atoms with Crippen LogP contribution in [0.2, 0.25) is 0 Å². The molecule has 2 aromatic rings. The average molecular weight is 366 g/mol. The summed E-state index contributed by atoms with van der Waals surface area (Å²) in [5.41, 5.74) is 9.22. The standard InChI is InChI=1S/C20H22N4O3/c1-12-3-8-17(9-13(12)2)24-11-16(10-18(24)25)23-20(27)22-15-6-4-14(5-7-15)19(21)26/h3-9,16H,10-11H2,1-2H3,(H2,21,26)(H2,22,23,27). The lowest BCUT2D eigenvalue weighted by molar-refractivity contribution is -0.117. The van der Waals surface area contributed by atoms with Crippen molar-refractivity contribution in [3.05, 3.63) is 59.2 Å². The van der Waals surface area contributed by atoms with Crippen LogP contribution in [0.5, 0.6) is 0 Å². The third-order valence-electron chi connectivity index (χ3n) is 4.69. The van der Waals surface area contributed by atoms with Gasteiger partial charge in [0.1, 0.15) is 0 Å². The van der Waals surface area contributed by atoms with Gasteiger partial charge in [0, 0.05) is 29.9 Å². The molecule has 27 heavy (non-hydrogen) atoms. The topological polar surface area (TPSA) is 105 Å². The monoisotopic (exact) mass is 366 g/mol. The minimum Gasteiger partial charge on any atom is -0.366 e. The van der Waals surface area contributed by atoms with Gasteiger partial charge < -0.3 is 21.3 Å². The van der Waals surface area contributed by atoms with Crippen molar-refractivity contribution in [2.24, 2.45) is 5.73 Å². The van der Waals surface area contributed by atoms with E-state index in [0.717, 1.165) is 11.3 Å². The first-order valence-electron chi connectivity index (χ1n) is 8.68. The highest BCUT2D eigenvalue weighted by Crippen LogP contribution is 2.24. The number of primary amides is 1. The molecule has 1 unspecified atom stereocenters. The van der Waals surface area contributed by atoms with Crippen LogP contribution in [0, 0.1) is 13.8 Å². The van der Waals surface area contributed by atoms with E-state index in [1.807, 2.05) is 32.0 Å². The minimum atomic E-state index is -0.526. The maximum absolute atomic E-state index is 12.3. The van der Waals surface area contributed by atoms with Gasteiger partial charge in [-0.15, -0.1) is 0 Å². The maximum atomic E-state index is 12.3. The molecule has 0 bridgehead atoms. The molecule has 7 heteroatoms. The lowest BCUT2D eigenvalue weighted by atomic mass is 10.1. The molecule has 1 aliphatic rings. The molecule has 7 nitrogen and oxygen atoms in total. The Kier molecular flexibility index (Phi) is 5.12. The van der Waals surface area contributed by atoms with Gasteiger partial charge in [0.05, 0.1) is 6.04 Å². The molecule has 0 spiro atoms. The minimum absolute atomic E-state index is 0.0191. The zero-order valence-electron chi connectivity index (χ0n) is 15.3. The van der Waals surface area contributed by atoms with Crippen LogP contribution in [-0.4, -0.2) is 30.4 Å². The van der Waals surface area contributed by atoms with Crippen molar-refractivity contribution < 1.29 is 14.4 Å². The van der Waals surface area contributed by atoms with Gasteiger partial charge in [-0.1, -0.05) is 6.07 Å². The van der Waals surface area contributed by atoms with Crippen LogP contribution >= 0.6 is 0 Å². The summed E-state index contributed by atoms with van der Waals surface area (Å²) >= 11 is 0. The highest BCUT2D eigenvalue weighted by Gasteiger charge is 2.31. The number of nitrogens with two attached hydrogens (primary N) is 1. The first-order chi connectivity index (χ1) is 12.8. The number of amides is 4. The first kappa shape index (κ1) is 18.4. The number of hydrogen-bond acceptors (Lipinski definition) is 3. The number of benzene rings is 2. The van der Waals surface area contributed by atoms with Gasteiger partial charge in [-0.2, -0.15) is 0 Å². The molecule has 1 atom stereocenters. The number of hydrogen-bond donors (Lipinski definition) is 3. The van der Waals surface area contributed by atoms with Crippen molar-refractivity contribution in [1.29, 1.82) is 0 Å². The largest absolute Gasteiger partial charge is 0.366 e. The predicted octanol–water partition coefficient (Wildman–Crippen LogP) is 2.33. The Balaban J connectivity index is 1.59. The molecular weight excluding hydrogens is 344 g/mol. The summed E-state index contributed by atoms with van der Waals surface area (Å²) in [7, 11) is 0. The number of nitrogens with one attached hydrogen (secondary N) is 2. The van der Waals surface area contributed by atoms with Gasteiger partial charge in [-0.05, 0) is 61.4 Å². The van der Waals surface area contributed by atoms with Gasteiger partial charge in [-0.25, -0.2) is 4.79 Å². The van der Waals surface area contributed by atoms with E-state index in [1.54, 1.807) is 29.2 Å². The molecule has 1 saturated heterocycles. The van der Waals surface area contributed by atoms with Gasteiger partial charge >= 0.3 is 6.03 Å². The Morgan fingerprint density at radius 3 is 2.41 bits per heavy atom. The quantitative estimate of drug-likeness (QED) is 0.773. The zero-order valence-corrected chi connectivity index (χ0v) is 15.3. The Morgan fingerprint density at radius 1 is 1.07 bits per heavy atom. The van der Waals surface area contributed by atoms with E-state index in [0.29, 0.717) is 17.8 Å². The van der Waals surface area contributed by atoms with Crippen LogP contribution in [0.3, 0.4) is 0 Å². The maximum Gasteiger partial charge on any atom is 0.319 e. The zero-order chi connectivity index (χ0) is 19.6. The normalized spacial score (nSPS) is 16.3. The Morgan fingerprint density at radius 2 is 1.78 bits per heavy atom. The summed E-state index contributed by atoms with van der Waals surface area (Å²) in [6.07, 6.45) is 0.251. The summed E-state index contributed by atoms with van der Waals surface area (Å²) in [4.78, 5) is 37.3. The van der Waals surface area contributed by atoms with E-state index in [9.17, 15) is 14.4 Å². The number of anilines is 2. The lowest BCUT2D eigenvalue weighted by Gasteiger charge is -2.18. The molecular formula is C20H22N4O3. The van der Waals surface area contributed by atoms with Crippen molar-refractivity contribution >= 4 is 29.2 Å². The van der Waals surface area contributed by atoms with Crippen LogP contribution in [0.15, 0.2) is 42.5 Å². The molecule has 0 aliphatic carbocycles. The third-order valence-corrected chi connectivity index (χ3v) is 4.69. The summed E-state index contributed by atoms with van der Waals surface area (Å²) in [5.74, 6) is -0.545. The van der Waals surface area contributed by atoms with Gasteiger partial charge in [0.2, 0.25) is 11.8 Å². The molecule has 4 N–H and O–H groups in total. The fourth-order valence-corrected chi connectivity index (χ4v) is 3.02. The molecule has 3 rings (SSSR count). The van der Waals surface area contributed by atoms with E-state index >= 15 is 0 Å². The molecule has 0 radical (unpaired) electrons. The Bertz CT molecular complexity index is 893. The van der Waals surface area contributed by atoms with Crippen LogP contribution in [0.25, 0.3) is 0 Å². The van der Waals surface area contributed by atoms with Crippen LogP contribution in [-0.2, 0) is 4.79 Å². The molecule has 2 aromatic carbocycles. The Hall–Kier alpha value is -3.35. The molecule has 140 valence electrons. The number of carbonyl (C=O) groups excluding carboxylic acids is 3. The van der Waals surface area contributed by atoms with Gasteiger partial charge in [0.15, 0.2) is 0 Å². The van der Waals surface area contributed by atoms with Crippen LogP contribution in [0.4, 0.5) is 16.2 Å². The molecule has 0 saturated carbocycles. The second-order valence-electron chi connectivity index (χ2n) is 6.71. The molecule has 1 heterocycles. The average Bonchev–Trinajstić information content (AvgIpc) is 2.97. The second kappa shape index (κ2) is 7.49. The fraction of sp³-hybridized carbons (Fsp3) is 0.250. The lowest BCUT2D eigenvalue weighted by Crippen LogP contribution is -2.39. The molecule has 1 fully saturated rings. The van der Waals surface area contributed by atoms with Crippen molar-refractivity contribution in [2.45, 2.75) is 26.3 Å². The third kappa shape index (κ3) is 4.25. The summed E-state index contributed by atoms with van der Waals surface area (Å²) < 4.78 is 0. The summed E-state index contributed by atoms with van der Waals surface area (Å²) in [5, 5.41) is 5.51. The van der Waals surface area contributed by atoms with E-state index in [-0.39, 0.29) is 18.4 Å². The van der Waals surface area contributed by atoms with E-state index < -0.39 is 11.9 Å². The fourth-order valence-electron chi connectivity index (χ4n) is 3.02. The molecule has 1 aliphatic heterocycles. The van der Waals surface area contributed by atoms with Crippen molar-refractivity contribution in [2.75, 3.05) is 16.8 Å². The number of aryl methyl sites for hydroxylation is 2. The Labute approximate surface area is 157 Å². The van der Waals surface area contributed by atoms with Crippen LogP contribution < -0.4 is 21.3 Å². The smallest absolute Gasteiger partial charge is 0.319 e. The van der Waals surface area contributed by atoms with E-state index in [1.165, 1.54) is 5.56 Å². The SMILES string of the molecule is Cc1ccc(N2CC(NC(=O)Nc3ccc(C(N)=O)cc3)CC2=O)cc1C. The molecule has 0 aromatic heterocycles. The first-order valence-corrected chi connectivity index (χ1v) is 8.68. The number of carbonyl (C=O) groups is 3. The summed E-state index contributed by atoms with van der Waals surface area (Å²) in [6.45, 7) is 4.46. The van der Waals surface area contributed by atoms with Gasteiger partial charge in [0.25, 0.3) is 0 Å². The highest BCUT2D eigenvalue weighted by atomic mass is 16.2. The highest BCUT2D eigenvalue weighted by molar-refractivity contribution is 5.98. The number of rotatable bonds is 4. The van der Waals surface area contributed by atoms with Crippen molar-refractivity contribution in [1.82, 2.24) is 5.32 Å². The van der Waals surface area contributed by atoms with Crippen molar-refractivity contribution in [3.8, 4) is 0 Å². The van der Waals surface area contributed by atoms with E-state index in [4.69, 9.17) is 5.73 Å². The van der Waals surface area contributed by atoms with Crippen LogP contribution in [0.1, 0.15) is 27.9 Å². The number of urea groups is 1. The predicted molar refractivity (Wildman–Crippen MR) is 104 cm³/mol. The van der Waals surface area contributed by atoms with E-state index in [2.05, 4.69) is 10.6 Å². The number of nitrogens with zero attached hydrogens (tertiary/aromatic N) is 1. The van der Waals surface area contributed by atoms with Gasteiger partial charge in [-0.3, -0.25) is 9.59 Å². The second-order valence-corrected chi connectivity index (χ2v) is 6.71. The summed E-state index contributed by atoms with van der Waals surface area (Å²) in [6, 6.07) is 11.5. The molecule has 4 amide bonds.